The molecule has 1 amide bonds. The van der Waals surface area contributed by atoms with Gasteiger partial charge in [0.2, 0.25) is 5.91 Å². The summed E-state index contributed by atoms with van der Waals surface area (Å²) < 4.78 is 5.21. The van der Waals surface area contributed by atoms with E-state index in [0.29, 0.717) is 23.7 Å². The summed E-state index contributed by atoms with van der Waals surface area (Å²) in [6.07, 6.45) is 4.80. The zero-order chi connectivity index (χ0) is 14.7. The number of carbonyl (C=O) groups excluding carboxylic acids is 1. The molecule has 0 saturated heterocycles. The molecule has 0 bridgehead atoms. The van der Waals surface area contributed by atoms with Gasteiger partial charge in [0, 0.05) is 17.3 Å². The molecule has 1 aliphatic carbocycles. The van der Waals surface area contributed by atoms with Gasteiger partial charge in [-0.25, -0.2) is 0 Å². The van der Waals surface area contributed by atoms with Crippen molar-refractivity contribution in [3.63, 3.8) is 0 Å². The normalized spacial score (nSPS) is 22.3. The van der Waals surface area contributed by atoms with Gasteiger partial charge >= 0.3 is 0 Å². The fraction of sp³-hybridized carbons (Fsp3) is 0.500. The molecule has 1 aromatic heterocycles. The molecule has 0 radical (unpaired) electrons. The van der Waals surface area contributed by atoms with Crippen LogP contribution in [0.4, 0.5) is 0 Å². The maximum Gasteiger partial charge on any atom is 0.226 e. The summed E-state index contributed by atoms with van der Waals surface area (Å²) in [5.41, 5.74) is 1.41. The minimum absolute atomic E-state index is 0.0245. The van der Waals surface area contributed by atoms with E-state index in [-0.39, 0.29) is 17.7 Å². The predicted octanol–water partition coefficient (Wildman–Crippen LogP) is 3.28. The Labute approximate surface area is 128 Å². The topological polar surface area (TPSA) is 55.1 Å². The van der Waals surface area contributed by atoms with E-state index in [1.165, 1.54) is 12.8 Å². The average molecular weight is 307 g/mol. The number of para-hydroxylation sites is 1. The summed E-state index contributed by atoms with van der Waals surface area (Å²) in [6, 6.07) is 7.58. The second-order valence-corrected chi connectivity index (χ2v) is 6.23. The van der Waals surface area contributed by atoms with Gasteiger partial charge < -0.3 is 9.84 Å². The number of hydrogen-bond donors (Lipinski definition) is 1. The first kappa shape index (κ1) is 14.4. The summed E-state index contributed by atoms with van der Waals surface area (Å²) in [5.74, 6) is 0.363. The molecule has 1 aliphatic rings. The van der Waals surface area contributed by atoms with E-state index in [1.807, 2.05) is 24.3 Å². The van der Waals surface area contributed by atoms with E-state index >= 15 is 0 Å². The maximum atomic E-state index is 12.1. The van der Waals surface area contributed by atoms with Crippen LogP contribution in [0.1, 0.15) is 31.4 Å². The molecule has 1 fully saturated rings. The van der Waals surface area contributed by atoms with Crippen molar-refractivity contribution in [3.05, 3.63) is 30.0 Å². The third-order valence-electron chi connectivity index (χ3n) is 4.16. The monoisotopic (exact) mass is 306 g/mol. The van der Waals surface area contributed by atoms with Crippen LogP contribution in [0.25, 0.3) is 11.0 Å². The van der Waals surface area contributed by atoms with E-state index in [0.717, 1.165) is 18.2 Å². The number of carbonyl (C=O) groups is 1. The number of halogens is 1. The molecular weight excluding hydrogens is 288 g/mol. The van der Waals surface area contributed by atoms with Gasteiger partial charge in [-0.15, -0.1) is 11.6 Å². The lowest BCUT2D eigenvalue weighted by atomic mass is 9.89. The molecule has 1 saturated carbocycles. The standard InChI is InChI=1S/C16H19ClN2O2/c17-13-7-3-1-5-11(13)10-18-16(20)9-14-12-6-2-4-8-15(12)21-19-14/h2,4,6,8,11,13H,1,3,5,7,9-10H2,(H,18,20). The van der Waals surface area contributed by atoms with Gasteiger partial charge in [0.1, 0.15) is 5.69 Å². The van der Waals surface area contributed by atoms with Crippen LogP contribution in [-0.2, 0) is 11.2 Å². The number of hydrogen-bond acceptors (Lipinski definition) is 3. The Kier molecular flexibility index (Phi) is 4.44. The predicted molar refractivity (Wildman–Crippen MR) is 82.3 cm³/mol. The molecule has 5 heteroatoms. The van der Waals surface area contributed by atoms with Crippen molar-refractivity contribution >= 4 is 28.5 Å². The van der Waals surface area contributed by atoms with Crippen LogP contribution in [-0.4, -0.2) is 23.0 Å². The molecular formula is C16H19ClN2O2. The first-order valence-electron chi connectivity index (χ1n) is 7.48. The van der Waals surface area contributed by atoms with Crippen LogP contribution in [0.3, 0.4) is 0 Å². The van der Waals surface area contributed by atoms with E-state index in [9.17, 15) is 4.79 Å². The SMILES string of the molecule is O=C(Cc1noc2ccccc12)NCC1CCCCC1Cl. The average Bonchev–Trinajstić information content (AvgIpc) is 2.90. The molecule has 2 atom stereocenters. The van der Waals surface area contributed by atoms with Crippen molar-refractivity contribution in [2.45, 2.75) is 37.5 Å². The zero-order valence-corrected chi connectivity index (χ0v) is 12.6. The minimum Gasteiger partial charge on any atom is -0.356 e. The quantitative estimate of drug-likeness (QED) is 0.882. The number of nitrogens with one attached hydrogen (secondary N) is 1. The lowest BCUT2D eigenvalue weighted by Crippen LogP contribution is -2.35. The Bertz CT molecular complexity index is 626. The first-order valence-corrected chi connectivity index (χ1v) is 7.92. The number of rotatable bonds is 4. The Morgan fingerprint density at radius 1 is 1.33 bits per heavy atom. The van der Waals surface area contributed by atoms with E-state index in [2.05, 4.69) is 10.5 Å². The van der Waals surface area contributed by atoms with Crippen molar-refractivity contribution in [3.8, 4) is 0 Å². The summed E-state index contributed by atoms with van der Waals surface area (Å²) >= 11 is 6.31. The Balaban J connectivity index is 1.56. The summed E-state index contributed by atoms with van der Waals surface area (Å²) in [5, 5.41) is 8.05. The summed E-state index contributed by atoms with van der Waals surface area (Å²) in [7, 11) is 0. The van der Waals surface area contributed by atoms with Crippen molar-refractivity contribution in [2.24, 2.45) is 5.92 Å². The second-order valence-electron chi connectivity index (χ2n) is 5.67. The third-order valence-corrected chi connectivity index (χ3v) is 4.73. The van der Waals surface area contributed by atoms with E-state index in [4.69, 9.17) is 16.1 Å². The second kappa shape index (κ2) is 6.48. The zero-order valence-electron chi connectivity index (χ0n) is 11.8. The number of nitrogens with zero attached hydrogens (tertiary/aromatic N) is 1. The van der Waals surface area contributed by atoms with E-state index in [1.54, 1.807) is 0 Å². The fourth-order valence-corrected chi connectivity index (χ4v) is 3.29. The van der Waals surface area contributed by atoms with Gasteiger partial charge in [0.15, 0.2) is 5.58 Å². The van der Waals surface area contributed by atoms with Crippen LogP contribution in [0.15, 0.2) is 28.8 Å². The van der Waals surface area contributed by atoms with Crippen LogP contribution >= 0.6 is 11.6 Å². The molecule has 2 unspecified atom stereocenters. The van der Waals surface area contributed by atoms with Crippen molar-refractivity contribution in [1.82, 2.24) is 10.5 Å². The molecule has 1 heterocycles. The molecule has 1 aromatic carbocycles. The van der Waals surface area contributed by atoms with Gasteiger partial charge in [-0.3, -0.25) is 4.79 Å². The Morgan fingerprint density at radius 2 is 2.14 bits per heavy atom. The molecule has 3 rings (SSSR count). The number of fused-ring (bicyclic) bond motifs is 1. The highest BCUT2D eigenvalue weighted by atomic mass is 35.5. The van der Waals surface area contributed by atoms with Crippen molar-refractivity contribution < 1.29 is 9.32 Å². The highest BCUT2D eigenvalue weighted by molar-refractivity contribution is 6.20. The van der Waals surface area contributed by atoms with Gasteiger partial charge in [-0.05, 0) is 30.9 Å². The minimum atomic E-state index is -0.0245. The van der Waals surface area contributed by atoms with Gasteiger partial charge in [0.25, 0.3) is 0 Å². The molecule has 21 heavy (non-hydrogen) atoms. The van der Waals surface area contributed by atoms with Crippen LogP contribution in [0.5, 0.6) is 0 Å². The van der Waals surface area contributed by atoms with Gasteiger partial charge in [-0.1, -0.05) is 30.1 Å². The van der Waals surface area contributed by atoms with Crippen molar-refractivity contribution in [1.29, 1.82) is 0 Å². The molecule has 0 spiro atoms. The largest absolute Gasteiger partial charge is 0.356 e. The molecule has 4 nitrogen and oxygen atoms in total. The molecule has 112 valence electrons. The smallest absolute Gasteiger partial charge is 0.226 e. The summed E-state index contributed by atoms with van der Waals surface area (Å²) in [6.45, 7) is 0.656. The van der Waals surface area contributed by atoms with Gasteiger partial charge in [-0.2, -0.15) is 0 Å². The molecule has 2 aromatic rings. The van der Waals surface area contributed by atoms with Crippen LogP contribution in [0.2, 0.25) is 0 Å². The third kappa shape index (κ3) is 3.38. The Hall–Kier alpha value is -1.55. The number of aromatic nitrogens is 1. The highest BCUT2D eigenvalue weighted by Gasteiger charge is 2.23. The van der Waals surface area contributed by atoms with E-state index < -0.39 is 0 Å². The lowest BCUT2D eigenvalue weighted by molar-refractivity contribution is -0.120. The number of alkyl halides is 1. The van der Waals surface area contributed by atoms with Crippen molar-refractivity contribution in [2.75, 3.05) is 6.54 Å². The van der Waals surface area contributed by atoms with Crippen LogP contribution < -0.4 is 5.32 Å². The molecule has 0 aliphatic heterocycles. The highest BCUT2D eigenvalue weighted by Crippen LogP contribution is 2.28. The lowest BCUT2D eigenvalue weighted by Gasteiger charge is -2.27. The number of benzene rings is 1. The van der Waals surface area contributed by atoms with Gasteiger partial charge in [0.05, 0.1) is 6.42 Å². The first-order chi connectivity index (χ1) is 10.2. The summed E-state index contributed by atoms with van der Waals surface area (Å²) in [4.78, 5) is 12.1. The van der Waals surface area contributed by atoms with Crippen LogP contribution in [0, 0.1) is 5.92 Å². The maximum absolute atomic E-state index is 12.1. The fourth-order valence-electron chi connectivity index (χ4n) is 2.92. The molecule has 1 N–H and O–H groups in total. The Morgan fingerprint density at radius 3 is 3.00 bits per heavy atom. The number of amides is 1.